The summed E-state index contributed by atoms with van der Waals surface area (Å²) in [5.74, 6) is 0.800. The maximum atomic E-state index is 12.8. The molecule has 0 unspecified atom stereocenters. The van der Waals surface area contributed by atoms with Gasteiger partial charge in [-0.25, -0.2) is 4.68 Å². The minimum atomic E-state index is -0.216. The molecule has 0 atom stereocenters. The summed E-state index contributed by atoms with van der Waals surface area (Å²) >= 11 is 1.67. The SMILES string of the molecule is Cc1cc2c(cc3c(=O)n(CC(=O)NC4CC4)nc(C(C)C)n32)s1. The standard InChI is InChI=1S/C17H20N4O2S/c1-9(2)16-19-20(8-15(22)18-11-4-5-11)17(23)13-7-14-12(21(13)16)6-10(3)24-14/h6-7,9,11H,4-5,8H2,1-3H3,(H,18,22). The van der Waals surface area contributed by atoms with Gasteiger partial charge in [0.1, 0.15) is 17.9 Å². The van der Waals surface area contributed by atoms with E-state index in [0.29, 0.717) is 5.52 Å². The van der Waals surface area contributed by atoms with Gasteiger partial charge < -0.3 is 5.32 Å². The number of rotatable bonds is 4. The molecule has 24 heavy (non-hydrogen) atoms. The van der Waals surface area contributed by atoms with E-state index in [-0.39, 0.29) is 30.0 Å². The number of aryl methyl sites for hydroxylation is 1. The number of hydrogen-bond acceptors (Lipinski definition) is 4. The molecule has 1 saturated carbocycles. The first-order valence-corrected chi connectivity index (χ1v) is 9.07. The smallest absolute Gasteiger partial charge is 0.291 e. The number of fused-ring (bicyclic) bond motifs is 3. The number of carbonyl (C=O) groups excluding carboxylic acids is 1. The molecular formula is C17H20N4O2S. The second-order valence-corrected chi connectivity index (χ2v) is 8.08. The van der Waals surface area contributed by atoms with Crippen molar-refractivity contribution in [2.45, 2.75) is 52.1 Å². The van der Waals surface area contributed by atoms with Crippen LogP contribution in [0.1, 0.15) is 43.3 Å². The van der Waals surface area contributed by atoms with Crippen molar-refractivity contribution < 1.29 is 4.79 Å². The number of hydrogen-bond donors (Lipinski definition) is 1. The van der Waals surface area contributed by atoms with Crippen LogP contribution in [0.2, 0.25) is 0 Å². The second kappa shape index (κ2) is 5.44. The first kappa shape index (κ1) is 15.4. The van der Waals surface area contributed by atoms with Crippen molar-refractivity contribution in [2.75, 3.05) is 0 Å². The van der Waals surface area contributed by atoms with E-state index in [4.69, 9.17) is 0 Å². The molecule has 3 aromatic heterocycles. The van der Waals surface area contributed by atoms with Crippen LogP contribution < -0.4 is 10.9 Å². The van der Waals surface area contributed by atoms with Crippen molar-refractivity contribution in [3.63, 3.8) is 0 Å². The lowest BCUT2D eigenvalue weighted by molar-refractivity contribution is -0.122. The Labute approximate surface area is 143 Å². The quantitative estimate of drug-likeness (QED) is 0.790. The van der Waals surface area contributed by atoms with Crippen molar-refractivity contribution in [1.29, 1.82) is 0 Å². The van der Waals surface area contributed by atoms with E-state index >= 15 is 0 Å². The van der Waals surface area contributed by atoms with Crippen LogP contribution in [0, 0.1) is 6.92 Å². The van der Waals surface area contributed by atoms with Gasteiger partial charge in [0, 0.05) is 16.8 Å². The van der Waals surface area contributed by atoms with E-state index in [2.05, 4.69) is 23.4 Å². The zero-order valence-corrected chi connectivity index (χ0v) is 14.8. The Morgan fingerprint density at radius 1 is 1.38 bits per heavy atom. The molecule has 1 N–H and O–H groups in total. The lowest BCUT2D eigenvalue weighted by Gasteiger charge is -2.13. The summed E-state index contributed by atoms with van der Waals surface area (Å²) in [4.78, 5) is 26.1. The molecule has 0 bridgehead atoms. The molecule has 4 rings (SSSR count). The van der Waals surface area contributed by atoms with Gasteiger partial charge in [-0.1, -0.05) is 13.8 Å². The van der Waals surface area contributed by atoms with Crippen molar-refractivity contribution in [3.8, 4) is 0 Å². The Bertz CT molecular complexity index is 1010. The summed E-state index contributed by atoms with van der Waals surface area (Å²) in [5.41, 5.74) is 1.40. The molecule has 0 aromatic carbocycles. The third-order valence-electron chi connectivity index (χ3n) is 4.27. The zero-order chi connectivity index (χ0) is 17.0. The van der Waals surface area contributed by atoms with Crippen LogP contribution in [-0.4, -0.2) is 26.1 Å². The molecule has 0 radical (unpaired) electrons. The number of nitrogens with zero attached hydrogens (tertiary/aromatic N) is 3. The lowest BCUT2D eigenvalue weighted by atomic mass is 10.2. The average molecular weight is 344 g/mol. The van der Waals surface area contributed by atoms with Gasteiger partial charge >= 0.3 is 0 Å². The summed E-state index contributed by atoms with van der Waals surface area (Å²) in [6.45, 7) is 6.13. The van der Waals surface area contributed by atoms with Gasteiger partial charge in [-0.3, -0.25) is 14.0 Å². The maximum absolute atomic E-state index is 12.8. The molecule has 1 amide bonds. The fourth-order valence-corrected chi connectivity index (χ4v) is 3.93. The van der Waals surface area contributed by atoms with E-state index in [1.165, 1.54) is 9.56 Å². The van der Waals surface area contributed by atoms with Gasteiger partial charge in [-0.15, -0.1) is 11.3 Å². The molecule has 6 nitrogen and oxygen atoms in total. The summed E-state index contributed by atoms with van der Waals surface area (Å²) in [7, 11) is 0. The number of thiophene rings is 1. The van der Waals surface area contributed by atoms with E-state index in [9.17, 15) is 9.59 Å². The highest BCUT2D eigenvalue weighted by atomic mass is 32.1. The van der Waals surface area contributed by atoms with Gasteiger partial charge in [0.05, 0.1) is 10.2 Å². The molecule has 0 aliphatic heterocycles. The van der Waals surface area contributed by atoms with Crippen molar-refractivity contribution in [2.24, 2.45) is 0 Å². The zero-order valence-electron chi connectivity index (χ0n) is 14.0. The molecule has 3 aromatic rings. The minimum absolute atomic E-state index is 0.0244. The van der Waals surface area contributed by atoms with Gasteiger partial charge in [0.2, 0.25) is 5.91 Å². The van der Waals surface area contributed by atoms with Crippen LogP contribution in [0.15, 0.2) is 16.9 Å². The van der Waals surface area contributed by atoms with Crippen molar-refractivity contribution in [3.05, 3.63) is 33.2 Å². The Hall–Kier alpha value is -2.15. The third-order valence-corrected chi connectivity index (χ3v) is 5.26. The van der Waals surface area contributed by atoms with Crippen LogP contribution >= 0.6 is 11.3 Å². The predicted octanol–water partition coefficient (Wildman–Crippen LogP) is 2.42. The normalized spacial score (nSPS) is 14.8. The Morgan fingerprint density at radius 2 is 2.12 bits per heavy atom. The van der Waals surface area contributed by atoms with Crippen LogP contribution in [0.5, 0.6) is 0 Å². The summed E-state index contributed by atoms with van der Waals surface area (Å²) in [5, 5.41) is 7.42. The van der Waals surface area contributed by atoms with Crippen LogP contribution in [0.25, 0.3) is 15.7 Å². The van der Waals surface area contributed by atoms with Crippen LogP contribution in [-0.2, 0) is 11.3 Å². The molecular weight excluding hydrogens is 324 g/mol. The Balaban J connectivity index is 1.87. The summed E-state index contributed by atoms with van der Waals surface area (Å²) in [6, 6.07) is 4.28. The molecule has 1 aliphatic rings. The number of amides is 1. The first-order chi connectivity index (χ1) is 11.4. The fraction of sp³-hybridized carbons (Fsp3) is 0.471. The van der Waals surface area contributed by atoms with Gasteiger partial charge in [0.25, 0.3) is 5.56 Å². The number of aromatic nitrogens is 3. The Kier molecular flexibility index (Phi) is 3.49. The van der Waals surface area contributed by atoms with E-state index < -0.39 is 0 Å². The highest BCUT2D eigenvalue weighted by molar-refractivity contribution is 7.19. The minimum Gasteiger partial charge on any atom is -0.352 e. The third kappa shape index (κ3) is 2.53. The Morgan fingerprint density at radius 3 is 2.79 bits per heavy atom. The highest BCUT2D eigenvalue weighted by Crippen LogP contribution is 2.29. The molecule has 7 heteroatoms. The molecule has 1 aliphatic carbocycles. The predicted molar refractivity (Wildman–Crippen MR) is 94.8 cm³/mol. The van der Waals surface area contributed by atoms with E-state index in [0.717, 1.165) is 28.9 Å². The number of nitrogens with one attached hydrogen (secondary N) is 1. The van der Waals surface area contributed by atoms with Crippen LogP contribution in [0.4, 0.5) is 0 Å². The molecule has 0 spiro atoms. The highest BCUT2D eigenvalue weighted by Gasteiger charge is 2.24. The molecule has 126 valence electrons. The van der Waals surface area contributed by atoms with Gasteiger partial charge in [0.15, 0.2) is 0 Å². The monoisotopic (exact) mass is 344 g/mol. The molecule has 3 heterocycles. The fourth-order valence-electron chi connectivity index (χ4n) is 2.98. The van der Waals surface area contributed by atoms with E-state index in [1.54, 1.807) is 11.3 Å². The first-order valence-electron chi connectivity index (χ1n) is 8.26. The lowest BCUT2D eigenvalue weighted by Crippen LogP contribution is -2.36. The van der Waals surface area contributed by atoms with Crippen molar-refractivity contribution >= 4 is 33.0 Å². The average Bonchev–Trinajstić information content (AvgIpc) is 3.13. The van der Waals surface area contributed by atoms with Gasteiger partial charge in [-0.05, 0) is 31.9 Å². The van der Waals surface area contributed by atoms with E-state index in [1.807, 2.05) is 24.3 Å². The summed E-state index contributed by atoms with van der Waals surface area (Å²) in [6.07, 6.45) is 2.05. The largest absolute Gasteiger partial charge is 0.352 e. The summed E-state index contributed by atoms with van der Waals surface area (Å²) < 4.78 is 4.33. The molecule has 1 fully saturated rings. The van der Waals surface area contributed by atoms with Gasteiger partial charge in [-0.2, -0.15) is 5.10 Å². The maximum Gasteiger partial charge on any atom is 0.291 e. The second-order valence-electron chi connectivity index (χ2n) is 6.79. The van der Waals surface area contributed by atoms with Crippen LogP contribution in [0.3, 0.4) is 0 Å². The molecule has 0 saturated heterocycles. The van der Waals surface area contributed by atoms with Crippen molar-refractivity contribution in [1.82, 2.24) is 19.5 Å². The topological polar surface area (TPSA) is 68.4 Å². The number of carbonyl (C=O) groups is 1.